The number of ether oxygens (including phenoxy) is 1. The average Bonchev–Trinajstić information content (AvgIpc) is 2.85. The molecule has 0 bridgehead atoms. The minimum Gasteiger partial charge on any atom is -0.461 e. The molecular formula is C25H45N5O5. The molecule has 0 aliphatic carbocycles. The van der Waals surface area contributed by atoms with Gasteiger partial charge in [-0.3, -0.25) is 14.4 Å². The molecule has 1 aromatic carbocycles. The van der Waals surface area contributed by atoms with Crippen LogP contribution in [0.4, 0.5) is 10.5 Å². The summed E-state index contributed by atoms with van der Waals surface area (Å²) in [5.41, 5.74) is 6.18. The van der Waals surface area contributed by atoms with Gasteiger partial charge in [-0.15, -0.1) is 0 Å². The van der Waals surface area contributed by atoms with Gasteiger partial charge < -0.3 is 31.7 Å². The van der Waals surface area contributed by atoms with Gasteiger partial charge in [-0.25, -0.2) is 4.79 Å². The van der Waals surface area contributed by atoms with Crippen LogP contribution in [0.15, 0.2) is 24.3 Å². The summed E-state index contributed by atoms with van der Waals surface area (Å²) in [5, 5.41) is 10.9. The van der Waals surface area contributed by atoms with E-state index in [1.165, 1.54) is 0 Å². The molecule has 0 saturated carbocycles. The molecule has 6 N–H and O–H groups in total. The number of nitrogens with two attached hydrogens (primary N) is 1. The Morgan fingerprint density at radius 2 is 1.57 bits per heavy atom. The summed E-state index contributed by atoms with van der Waals surface area (Å²) in [6.45, 7) is 15.0. The molecule has 0 aliphatic heterocycles. The van der Waals surface area contributed by atoms with E-state index in [1.807, 2.05) is 41.5 Å². The maximum absolute atomic E-state index is 12.1. The minimum atomic E-state index is -0.443. The van der Waals surface area contributed by atoms with Crippen LogP contribution in [0.1, 0.15) is 66.9 Å². The Hall–Kier alpha value is -3.14. The highest BCUT2D eigenvalue weighted by Gasteiger charge is 2.21. The fourth-order valence-corrected chi connectivity index (χ4v) is 2.53. The van der Waals surface area contributed by atoms with Crippen molar-refractivity contribution in [1.82, 2.24) is 16.0 Å². The van der Waals surface area contributed by atoms with Crippen LogP contribution in [0.3, 0.4) is 0 Å². The third-order valence-electron chi connectivity index (χ3n) is 4.27. The van der Waals surface area contributed by atoms with Crippen molar-refractivity contribution >= 4 is 29.5 Å². The largest absolute Gasteiger partial charge is 0.461 e. The van der Waals surface area contributed by atoms with E-state index in [9.17, 15) is 19.2 Å². The number of nitrogens with one attached hydrogen (secondary N) is 4. The molecule has 35 heavy (non-hydrogen) atoms. The predicted octanol–water partition coefficient (Wildman–Crippen LogP) is 2.92. The molecule has 1 aromatic rings. The van der Waals surface area contributed by atoms with Gasteiger partial charge in [-0.05, 0) is 36.6 Å². The van der Waals surface area contributed by atoms with Crippen LogP contribution in [-0.4, -0.2) is 49.5 Å². The lowest BCUT2D eigenvalue weighted by molar-refractivity contribution is -0.144. The molecule has 1 atom stereocenters. The van der Waals surface area contributed by atoms with Gasteiger partial charge in [-0.1, -0.05) is 60.6 Å². The first-order valence-electron chi connectivity index (χ1n) is 12.2. The Bertz CT molecular complexity index is 738. The lowest BCUT2D eigenvalue weighted by Gasteiger charge is -2.20. The molecular weight excluding hydrogens is 450 g/mol. The maximum atomic E-state index is 12.1. The normalized spacial score (nSPS) is 10.5. The Morgan fingerprint density at radius 1 is 0.971 bits per heavy atom. The van der Waals surface area contributed by atoms with Crippen molar-refractivity contribution in [3.63, 3.8) is 0 Å². The molecule has 200 valence electrons. The first kappa shape index (κ1) is 34.0. The number of likely N-dealkylation sites (N-methyl/N-ethyl adjacent to an activating group) is 1. The van der Waals surface area contributed by atoms with Gasteiger partial charge in [0.05, 0.1) is 12.6 Å². The summed E-state index contributed by atoms with van der Waals surface area (Å²) in [5.74, 6) is -0.615. The molecule has 1 rings (SSSR count). The van der Waals surface area contributed by atoms with E-state index in [1.54, 1.807) is 31.2 Å². The van der Waals surface area contributed by atoms with Crippen LogP contribution >= 0.6 is 0 Å². The number of hydrogen-bond donors (Lipinski definition) is 5. The smallest absolute Gasteiger partial charge is 0.312 e. The highest BCUT2D eigenvalue weighted by atomic mass is 16.5. The Kier molecular flexibility index (Phi) is 20.8. The molecule has 1 unspecified atom stereocenters. The number of benzene rings is 1. The first-order chi connectivity index (χ1) is 16.6. The summed E-state index contributed by atoms with van der Waals surface area (Å²) >= 11 is 0. The minimum absolute atomic E-state index is 0.0939. The van der Waals surface area contributed by atoms with Gasteiger partial charge >= 0.3 is 12.0 Å². The number of carbonyl (C=O) groups excluding carboxylic acids is 4. The van der Waals surface area contributed by atoms with E-state index in [0.717, 1.165) is 12.0 Å². The van der Waals surface area contributed by atoms with E-state index in [2.05, 4.69) is 21.3 Å². The van der Waals surface area contributed by atoms with Gasteiger partial charge in [0.25, 0.3) is 0 Å². The Labute approximate surface area is 210 Å². The number of rotatable bonds is 12. The molecule has 0 aliphatic rings. The van der Waals surface area contributed by atoms with E-state index in [4.69, 9.17) is 10.5 Å². The van der Waals surface area contributed by atoms with Gasteiger partial charge in [0, 0.05) is 18.7 Å². The molecule has 0 spiro atoms. The van der Waals surface area contributed by atoms with E-state index in [-0.39, 0.29) is 42.9 Å². The van der Waals surface area contributed by atoms with Crippen LogP contribution in [0.5, 0.6) is 0 Å². The first-order valence-corrected chi connectivity index (χ1v) is 12.2. The van der Waals surface area contributed by atoms with Crippen molar-refractivity contribution in [2.45, 2.75) is 74.0 Å². The third-order valence-corrected chi connectivity index (χ3v) is 4.27. The number of esters is 1. The van der Waals surface area contributed by atoms with Crippen molar-refractivity contribution in [2.75, 3.05) is 25.0 Å². The SMILES string of the molecule is CC.CCCNC(N)=O.CCNC(C(=O)NCC(=O)Nc1ccc(COC(=O)CC)cc1)C(C)C. The second-order valence-corrected chi connectivity index (χ2v) is 7.55. The van der Waals surface area contributed by atoms with Gasteiger partial charge in [-0.2, -0.15) is 0 Å². The van der Waals surface area contributed by atoms with Crippen LogP contribution in [0, 0.1) is 5.92 Å². The zero-order chi connectivity index (χ0) is 27.2. The summed E-state index contributed by atoms with van der Waals surface area (Å²) < 4.78 is 5.04. The molecule has 0 fully saturated rings. The van der Waals surface area contributed by atoms with Crippen molar-refractivity contribution in [1.29, 1.82) is 0 Å². The van der Waals surface area contributed by atoms with Gasteiger partial charge in [0.2, 0.25) is 11.8 Å². The fraction of sp³-hybridized carbons (Fsp3) is 0.600. The lowest BCUT2D eigenvalue weighted by Crippen LogP contribution is -2.49. The number of amides is 4. The molecule has 0 aromatic heterocycles. The van der Waals surface area contributed by atoms with Gasteiger partial charge in [0.15, 0.2) is 0 Å². The second kappa shape index (κ2) is 21.4. The molecule has 10 nitrogen and oxygen atoms in total. The summed E-state index contributed by atoms with van der Waals surface area (Å²) in [6.07, 6.45) is 1.27. The van der Waals surface area contributed by atoms with Crippen molar-refractivity contribution in [3.8, 4) is 0 Å². The molecule has 10 heteroatoms. The lowest BCUT2D eigenvalue weighted by atomic mass is 10.0. The summed E-state index contributed by atoms with van der Waals surface area (Å²) in [6, 6.07) is 6.24. The molecule has 4 amide bonds. The maximum Gasteiger partial charge on any atom is 0.312 e. The number of urea groups is 1. The highest BCUT2D eigenvalue weighted by molar-refractivity contribution is 5.95. The fourth-order valence-electron chi connectivity index (χ4n) is 2.53. The van der Waals surface area contributed by atoms with Crippen LogP contribution in [0.2, 0.25) is 0 Å². The number of hydrogen-bond acceptors (Lipinski definition) is 6. The third kappa shape index (κ3) is 17.9. The number of carbonyl (C=O) groups is 4. The van der Waals surface area contributed by atoms with Gasteiger partial charge in [0.1, 0.15) is 6.61 Å². The number of primary amides is 1. The average molecular weight is 496 g/mol. The zero-order valence-corrected chi connectivity index (χ0v) is 22.3. The summed E-state index contributed by atoms with van der Waals surface area (Å²) in [7, 11) is 0. The highest BCUT2D eigenvalue weighted by Crippen LogP contribution is 2.10. The molecule has 0 radical (unpaired) electrons. The Balaban J connectivity index is 0. The standard InChI is InChI=1S/C19H29N3O4.C4H10N2O.C2H6/c1-5-17(24)26-12-14-7-9-15(10-8-14)22-16(23)11-21-19(25)18(13(3)4)20-6-2;1-2-3-6-4(5)7;1-2/h7-10,13,18,20H,5-6,11-12H2,1-4H3,(H,21,25)(H,22,23);2-3H2,1H3,(H3,5,6,7);1-2H3. The van der Waals surface area contributed by atoms with Crippen molar-refractivity contribution in [2.24, 2.45) is 11.7 Å². The quantitative estimate of drug-likeness (QED) is 0.281. The van der Waals surface area contributed by atoms with Crippen molar-refractivity contribution in [3.05, 3.63) is 29.8 Å². The monoisotopic (exact) mass is 495 g/mol. The van der Waals surface area contributed by atoms with Crippen LogP contribution < -0.4 is 27.0 Å². The summed E-state index contributed by atoms with van der Waals surface area (Å²) in [4.78, 5) is 45.1. The molecule has 0 heterocycles. The second-order valence-electron chi connectivity index (χ2n) is 7.55. The Morgan fingerprint density at radius 3 is 2.00 bits per heavy atom. The van der Waals surface area contributed by atoms with Crippen molar-refractivity contribution < 1.29 is 23.9 Å². The van der Waals surface area contributed by atoms with Crippen LogP contribution in [-0.2, 0) is 25.7 Å². The molecule has 0 saturated heterocycles. The van der Waals surface area contributed by atoms with Crippen LogP contribution in [0.25, 0.3) is 0 Å². The topological polar surface area (TPSA) is 152 Å². The van der Waals surface area contributed by atoms with E-state index >= 15 is 0 Å². The number of anilines is 1. The van der Waals surface area contributed by atoms with E-state index in [0.29, 0.717) is 25.2 Å². The zero-order valence-electron chi connectivity index (χ0n) is 22.3. The van der Waals surface area contributed by atoms with E-state index < -0.39 is 6.03 Å². The predicted molar refractivity (Wildman–Crippen MR) is 140 cm³/mol.